The smallest absolute Gasteiger partial charge is 0.242 e. The first-order valence-electron chi connectivity index (χ1n) is 8.69. The van der Waals surface area contributed by atoms with Gasteiger partial charge < -0.3 is 10.3 Å². The summed E-state index contributed by atoms with van der Waals surface area (Å²) in [6, 6.07) is 8.43. The number of halogens is 1. The van der Waals surface area contributed by atoms with Gasteiger partial charge in [0.25, 0.3) is 0 Å². The first kappa shape index (κ1) is 21.6. The molecule has 10 heteroatoms. The molecule has 0 fully saturated rings. The van der Waals surface area contributed by atoms with E-state index in [9.17, 15) is 13.2 Å². The van der Waals surface area contributed by atoms with Gasteiger partial charge in [-0.05, 0) is 55.3 Å². The van der Waals surface area contributed by atoms with Gasteiger partial charge >= 0.3 is 0 Å². The predicted octanol–water partition coefficient (Wildman–Crippen LogP) is 3.81. The van der Waals surface area contributed by atoms with Gasteiger partial charge in [-0.25, -0.2) is 17.7 Å². The Kier molecular flexibility index (Phi) is 6.23. The minimum atomic E-state index is -3.60. The molecule has 7 nitrogen and oxygen atoms in total. The third-order valence-electron chi connectivity index (χ3n) is 4.46. The van der Waals surface area contributed by atoms with E-state index in [1.54, 1.807) is 24.3 Å². The fraction of sp³-hybridized carbons (Fsp3) is 0.263. The molecule has 3 rings (SSSR count). The molecule has 0 spiro atoms. The van der Waals surface area contributed by atoms with Crippen LogP contribution in [0.2, 0.25) is 5.02 Å². The van der Waals surface area contributed by atoms with Gasteiger partial charge in [-0.15, -0.1) is 0 Å². The summed E-state index contributed by atoms with van der Waals surface area (Å²) in [5.41, 5.74) is 3.65. The van der Waals surface area contributed by atoms with Gasteiger partial charge in [0, 0.05) is 24.8 Å². The van der Waals surface area contributed by atoms with Crippen LogP contribution in [0.15, 0.2) is 40.4 Å². The highest BCUT2D eigenvalue weighted by Crippen LogP contribution is 2.26. The monoisotopic (exact) mass is 452 g/mol. The van der Waals surface area contributed by atoms with Crippen molar-refractivity contribution in [3.63, 3.8) is 0 Å². The van der Waals surface area contributed by atoms with E-state index in [2.05, 4.69) is 15.3 Å². The second kappa shape index (κ2) is 8.35. The zero-order chi connectivity index (χ0) is 21.3. The molecule has 0 aliphatic carbocycles. The van der Waals surface area contributed by atoms with E-state index in [0.717, 1.165) is 26.5 Å². The topological polar surface area (TPSA) is 95.2 Å². The zero-order valence-corrected chi connectivity index (χ0v) is 18.8. The van der Waals surface area contributed by atoms with Crippen molar-refractivity contribution < 1.29 is 13.2 Å². The van der Waals surface area contributed by atoms with Crippen molar-refractivity contribution in [1.82, 2.24) is 14.3 Å². The summed E-state index contributed by atoms with van der Waals surface area (Å²) in [6.45, 7) is 3.65. The molecule has 0 atom stereocenters. The molecule has 0 bridgehead atoms. The highest BCUT2D eigenvalue weighted by atomic mass is 35.5. The maximum atomic E-state index is 12.5. The molecule has 3 aromatic rings. The number of thioether (sulfide) groups is 1. The first-order valence-corrected chi connectivity index (χ1v) is 11.5. The molecule has 2 aromatic carbocycles. The van der Waals surface area contributed by atoms with Crippen LogP contribution >= 0.6 is 23.4 Å². The number of nitrogens with one attached hydrogen (secondary N) is 2. The summed E-state index contributed by atoms with van der Waals surface area (Å²) in [5, 5.41) is 4.02. The van der Waals surface area contributed by atoms with Crippen LogP contribution in [0.3, 0.4) is 0 Å². The highest BCUT2D eigenvalue weighted by Gasteiger charge is 2.20. The fourth-order valence-electron chi connectivity index (χ4n) is 2.66. The number of sulfonamides is 1. The molecule has 1 heterocycles. The Hall–Kier alpha value is -2.07. The van der Waals surface area contributed by atoms with Crippen LogP contribution in [-0.4, -0.2) is 48.4 Å². The number of aromatic amines is 1. The fourth-order valence-corrected chi connectivity index (χ4v) is 4.53. The van der Waals surface area contributed by atoms with Crippen LogP contribution in [-0.2, 0) is 14.8 Å². The first-order chi connectivity index (χ1) is 13.6. The van der Waals surface area contributed by atoms with Gasteiger partial charge in [-0.3, -0.25) is 4.79 Å². The number of anilines is 1. The Bertz CT molecular complexity index is 1190. The quantitative estimate of drug-likeness (QED) is 0.554. The van der Waals surface area contributed by atoms with Crippen LogP contribution in [0.1, 0.15) is 11.1 Å². The van der Waals surface area contributed by atoms with E-state index in [0.29, 0.717) is 15.9 Å². The van der Waals surface area contributed by atoms with Crippen molar-refractivity contribution in [1.29, 1.82) is 0 Å². The maximum absolute atomic E-state index is 12.5. The number of amides is 1. The number of hydrogen-bond acceptors (Lipinski definition) is 5. The van der Waals surface area contributed by atoms with Crippen molar-refractivity contribution in [2.24, 2.45) is 0 Å². The Morgan fingerprint density at radius 2 is 1.97 bits per heavy atom. The van der Waals surface area contributed by atoms with E-state index in [1.807, 2.05) is 13.8 Å². The number of nitrogens with zero attached hydrogens (tertiary/aromatic N) is 2. The van der Waals surface area contributed by atoms with Gasteiger partial charge in [0.2, 0.25) is 15.9 Å². The number of carbonyl (C=O) groups is 1. The van der Waals surface area contributed by atoms with Crippen LogP contribution in [0.25, 0.3) is 11.0 Å². The molecule has 154 valence electrons. The number of hydrogen-bond donors (Lipinski definition) is 2. The lowest BCUT2D eigenvalue weighted by molar-refractivity contribution is -0.113. The van der Waals surface area contributed by atoms with Gasteiger partial charge in [-0.1, -0.05) is 23.4 Å². The molecule has 1 aromatic heterocycles. The zero-order valence-electron chi connectivity index (χ0n) is 16.4. The molecule has 29 heavy (non-hydrogen) atoms. The van der Waals surface area contributed by atoms with E-state index < -0.39 is 10.0 Å². The lowest BCUT2D eigenvalue weighted by Crippen LogP contribution is -2.23. The van der Waals surface area contributed by atoms with Gasteiger partial charge in [-0.2, -0.15) is 0 Å². The number of fused-ring (bicyclic) bond motifs is 1. The van der Waals surface area contributed by atoms with Crippen molar-refractivity contribution in [2.45, 2.75) is 23.9 Å². The Labute approximate surface area is 178 Å². The second-order valence-electron chi connectivity index (χ2n) is 6.74. The lowest BCUT2D eigenvalue weighted by Gasteiger charge is -2.16. The number of benzene rings is 2. The summed E-state index contributed by atoms with van der Waals surface area (Å²) in [5.74, 6) is -0.133. The molecule has 0 radical (unpaired) electrons. The number of carbonyl (C=O) groups excluding carboxylic acids is 1. The van der Waals surface area contributed by atoms with E-state index in [4.69, 9.17) is 11.6 Å². The average Bonchev–Trinajstić information content (AvgIpc) is 3.05. The van der Waals surface area contributed by atoms with Crippen molar-refractivity contribution in [2.75, 3.05) is 25.2 Å². The van der Waals surface area contributed by atoms with E-state index in [-0.39, 0.29) is 16.6 Å². The molecule has 1 amide bonds. The summed E-state index contributed by atoms with van der Waals surface area (Å²) in [7, 11) is -0.653. The molecular weight excluding hydrogens is 432 g/mol. The second-order valence-corrected chi connectivity index (χ2v) is 10.3. The SMILES string of the molecule is Cc1cc(S(=O)(=O)N(C)C)cc(NC(=O)CSc2nc3ccc(Cl)cc3[nH]2)c1C. The molecule has 2 N–H and O–H groups in total. The Morgan fingerprint density at radius 3 is 2.66 bits per heavy atom. The standard InChI is InChI=1S/C19H21ClN4O3S2/c1-11-7-14(29(26,27)24(3)4)9-16(12(11)2)21-18(25)10-28-19-22-15-6-5-13(20)8-17(15)23-19/h5-9H,10H2,1-4H3,(H,21,25)(H,22,23). The van der Waals surface area contributed by atoms with Crippen molar-refractivity contribution in [3.05, 3.63) is 46.5 Å². The molecular formula is C19H21ClN4O3S2. The van der Waals surface area contributed by atoms with E-state index in [1.165, 1.54) is 31.9 Å². The Balaban J connectivity index is 1.75. The lowest BCUT2D eigenvalue weighted by atomic mass is 10.1. The number of aryl methyl sites for hydroxylation is 1. The maximum Gasteiger partial charge on any atom is 0.242 e. The van der Waals surface area contributed by atoms with Crippen molar-refractivity contribution in [3.8, 4) is 0 Å². The van der Waals surface area contributed by atoms with Crippen LogP contribution < -0.4 is 5.32 Å². The summed E-state index contributed by atoms with van der Waals surface area (Å²) in [6.07, 6.45) is 0. The third-order valence-corrected chi connectivity index (χ3v) is 7.36. The van der Waals surface area contributed by atoms with Crippen molar-refractivity contribution >= 4 is 56.0 Å². The molecule has 0 saturated heterocycles. The summed E-state index contributed by atoms with van der Waals surface area (Å²) in [4.78, 5) is 20.1. The van der Waals surface area contributed by atoms with E-state index >= 15 is 0 Å². The number of H-pyrrole nitrogens is 1. The molecule has 0 aliphatic heterocycles. The Morgan fingerprint density at radius 1 is 1.24 bits per heavy atom. The van der Waals surface area contributed by atoms with Crippen LogP contribution in [0.4, 0.5) is 5.69 Å². The van der Waals surface area contributed by atoms with Gasteiger partial charge in [0.15, 0.2) is 5.16 Å². The van der Waals surface area contributed by atoms with Crippen LogP contribution in [0.5, 0.6) is 0 Å². The average molecular weight is 453 g/mol. The highest BCUT2D eigenvalue weighted by molar-refractivity contribution is 7.99. The summed E-state index contributed by atoms with van der Waals surface area (Å²) < 4.78 is 26.0. The minimum Gasteiger partial charge on any atom is -0.333 e. The largest absolute Gasteiger partial charge is 0.333 e. The van der Waals surface area contributed by atoms with Crippen LogP contribution in [0, 0.1) is 13.8 Å². The molecule has 0 saturated carbocycles. The predicted molar refractivity (Wildman–Crippen MR) is 117 cm³/mol. The molecule has 0 aliphatic rings. The summed E-state index contributed by atoms with van der Waals surface area (Å²) >= 11 is 7.23. The molecule has 0 unspecified atom stereocenters. The van der Waals surface area contributed by atoms with Gasteiger partial charge in [0.1, 0.15) is 0 Å². The minimum absolute atomic E-state index is 0.122. The number of imidazole rings is 1. The normalized spacial score (nSPS) is 11.9. The third kappa shape index (κ3) is 4.75. The number of aromatic nitrogens is 2. The van der Waals surface area contributed by atoms with Gasteiger partial charge in [0.05, 0.1) is 21.7 Å². The number of rotatable bonds is 6.